The Kier molecular flexibility index (Phi) is 4.38. The van der Waals surface area contributed by atoms with Crippen molar-refractivity contribution in [3.8, 4) is 5.69 Å². The molecule has 2 atom stereocenters. The third kappa shape index (κ3) is 3.32. The molecule has 3 rings (SSSR count). The predicted octanol–water partition coefficient (Wildman–Crippen LogP) is 2.93. The number of hydrogen-bond donors (Lipinski definition) is 2. The summed E-state index contributed by atoms with van der Waals surface area (Å²) in [6.45, 7) is 3.92. The number of rotatable bonds is 4. The predicted molar refractivity (Wildman–Crippen MR) is 90.1 cm³/mol. The molecule has 1 fully saturated rings. The van der Waals surface area contributed by atoms with Crippen LogP contribution in [0.15, 0.2) is 30.6 Å². The maximum absolute atomic E-state index is 12.5. The molecule has 6 nitrogen and oxygen atoms in total. The van der Waals surface area contributed by atoms with Gasteiger partial charge in [0, 0.05) is 12.1 Å². The number of carboxylic acid groups (broad SMARTS) is 1. The van der Waals surface area contributed by atoms with E-state index in [1.165, 1.54) is 0 Å². The molecule has 126 valence electrons. The highest BCUT2D eigenvalue weighted by atomic mass is 16.4. The fraction of sp³-hybridized carbons (Fsp3) is 0.389. The molecule has 0 aliphatic heterocycles. The van der Waals surface area contributed by atoms with Gasteiger partial charge in [-0.05, 0) is 56.4 Å². The first-order chi connectivity index (χ1) is 11.4. The molecule has 2 aromatic rings. The van der Waals surface area contributed by atoms with Gasteiger partial charge in [0.15, 0.2) is 0 Å². The van der Waals surface area contributed by atoms with Crippen LogP contribution in [0.5, 0.6) is 0 Å². The zero-order valence-electron chi connectivity index (χ0n) is 13.8. The van der Waals surface area contributed by atoms with E-state index in [-0.39, 0.29) is 11.8 Å². The average molecular weight is 327 g/mol. The summed E-state index contributed by atoms with van der Waals surface area (Å²) >= 11 is 0. The van der Waals surface area contributed by atoms with E-state index in [4.69, 9.17) is 5.11 Å². The largest absolute Gasteiger partial charge is 0.481 e. The molecule has 0 unspecified atom stereocenters. The first-order valence-corrected chi connectivity index (χ1v) is 8.10. The lowest BCUT2D eigenvalue weighted by molar-refractivity contribution is -0.141. The Balaban J connectivity index is 1.81. The maximum atomic E-state index is 12.5. The fourth-order valence-corrected chi connectivity index (χ4v) is 3.17. The minimum atomic E-state index is -0.812. The zero-order chi connectivity index (χ0) is 17.3. The maximum Gasteiger partial charge on any atom is 0.306 e. The van der Waals surface area contributed by atoms with Gasteiger partial charge >= 0.3 is 5.97 Å². The lowest BCUT2D eigenvalue weighted by Crippen LogP contribution is -2.22. The van der Waals surface area contributed by atoms with E-state index in [1.54, 1.807) is 10.9 Å². The monoisotopic (exact) mass is 327 g/mol. The molecule has 1 aliphatic rings. The van der Waals surface area contributed by atoms with Crippen molar-refractivity contribution in [2.24, 2.45) is 11.8 Å². The Morgan fingerprint density at radius 2 is 1.96 bits per heavy atom. The van der Waals surface area contributed by atoms with Crippen molar-refractivity contribution in [1.29, 1.82) is 0 Å². The summed E-state index contributed by atoms with van der Waals surface area (Å²) < 4.78 is 1.74. The van der Waals surface area contributed by atoms with Gasteiger partial charge in [0.25, 0.3) is 0 Å². The highest BCUT2D eigenvalue weighted by Crippen LogP contribution is 2.32. The van der Waals surface area contributed by atoms with Crippen molar-refractivity contribution < 1.29 is 14.7 Å². The van der Waals surface area contributed by atoms with Crippen LogP contribution in [0.4, 0.5) is 5.69 Å². The van der Waals surface area contributed by atoms with Gasteiger partial charge in [-0.2, -0.15) is 5.10 Å². The van der Waals surface area contributed by atoms with E-state index < -0.39 is 11.9 Å². The Morgan fingerprint density at radius 1 is 1.21 bits per heavy atom. The summed E-state index contributed by atoms with van der Waals surface area (Å²) in [4.78, 5) is 23.6. The number of anilines is 1. The molecular formula is C18H21N3O3. The van der Waals surface area contributed by atoms with Gasteiger partial charge < -0.3 is 10.4 Å². The number of aryl methyl sites for hydroxylation is 2. The SMILES string of the molecule is Cc1ccc(-n2cc(C)cn2)c(NC(=O)[C@@H]2CC[C@H](C(=O)O)C2)c1. The van der Waals surface area contributed by atoms with Crippen LogP contribution in [0.1, 0.15) is 30.4 Å². The lowest BCUT2D eigenvalue weighted by atomic mass is 10.0. The fourth-order valence-electron chi connectivity index (χ4n) is 3.17. The lowest BCUT2D eigenvalue weighted by Gasteiger charge is -2.15. The average Bonchev–Trinajstić information content (AvgIpc) is 3.16. The van der Waals surface area contributed by atoms with Crippen LogP contribution >= 0.6 is 0 Å². The topological polar surface area (TPSA) is 84.2 Å². The molecule has 1 aromatic heterocycles. The van der Waals surface area contributed by atoms with E-state index in [2.05, 4.69) is 10.4 Å². The molecular weight excluding hydrogens is 306 g/mol. The molecule has 1 amide bonds. The molecule has 0 bridgehead atoms. The van der Waals surface area contributed by atoms with Crippen molar-refractivity contribution in [3.05, 3.63) is 41.7 Å². The Morgan fingerprint density at radius 3 is 2.58 bits per heavy atom. The van der Waals surface area contributed by atoms with Gasteiger partial charge in [0.05, 0.1) is 23.5 Å². The van der Waals surface area contributed by atoms with Gasteiger partial charge in [-0.3, -0.25) is 9.59 Å². The number of aliphatic carboxylic acids is 1. The molecule has 2 N–H and O–H groups in total. The van der Waals surface area contributed by atoms with E-state index in [0.29, 0.717) is 24.9 Å². The van der Waals surface area contributed by atoms with Crippen molar-refractivity contribution in [3.63, 3.8) is 0 Å². The number of aromatic nitrogens is 2. The third-order valence-corrected chi connectivity index (χ3v) is 4.52. The molecule has 1 saturated carbocycles. The van der Waals surface area contributed by atoms with Crippen LogP contribution < -0.4 is 5.32 Å². The van der Waals surface area contributed by atoms with E-state index in [0.717, 1.165) is 16.8 Å². The second-order valence-electron chi connectivity index (χ2n) is 6.52. The summed E-state index contributed by atoms with van der Waals surface area (Å²) in [6.07, 6.45) is 5.25. The molecule has 6 heteroatoms. The van der Waals surface area contributed by atoms with Gasteiger partial charge in [-0.25, -0.2) is 4.68 Å². The number of nitrogens with one attached hydrogen (secondary N) is 1. The first-order valence-electron chi connectivity index (χ1n) is 8.10. The Bertz CT molecular complexity index is 782. The van der Waals surface area contributed by atoms with E-state index >= 15 is 0 Å². The second kappa shape index (κ2) is 6.47. The number of benzene rings is 1. The van der Waals surface area contributed by atoms with E-state index in [1.807, 2.05) is 38.2 Å². The smallest absolute Gasteiger partial charge is 0.306 e. The molecule has 0 saturated heterocycles. The highest BCUT2D eigenvalue weighted by molar-refractivity contribution is 5.95. The van der Waals surface area contributed by atoms with Crippen LogP contribution in [0.2, 0.25) is 0 Å². The second-order valence-corrected chi connectivity index (χ2v) is 6.52. The quantitative estimate of drug-likeness (QED) is 0.904. The first kappa shape index (κ1) is 16.2. The van der Waals surface area contributed by atoms with E-state index in [9.17, 15) is 9.59 Å². The van der Waals surface area contributed by atoms with Gasteiger partial charge in [-0.1, -0.05) is 6.07 Å². The van der Waals surface area contributed by atoms with Gasteiger partial charge in [0.2, 0.25) is 5.91 Å². The molecule has 0 spiro atoms. The molecule has 24 heavy (non-hydrogen) atoms. The summed E-state index contributed by atoms with van der Waals surface area (Å²) in [5, 5.41) is 16.4. The van der Waals surface area contributed by atoms with Crippen LogP contribution in [0.3, 0.4) is 0 Å². The summed E-state index contributed by atoms with van der Waals surface area (Å²) in [5.74, 6) is -1.59. The number of carboxylic acids is 1. The third-order valence-electron chi connectivity index (χ3n) is 4.52. The minimum Gasteiger partial charge on any atom is -0.481 e. The summed E-state index contributed by atoms with van der Waals surface area (Å²) in [5.41, 5.74) is 3.57. The standard InChI is InChI=1S/C18H21N3O3/c1-11-3-6-16(21-10-12(2)9-19-21)15(7-11)20-17(22)13-4-5-14(8-13)18(23)24/h3,6-7,9-10,13-14H,4-5,8H2,1-2H3,(H,20,22)(H,23,24)/t13-,14+/m1/s1. The summed E-state index contributed by atoms with van der Waals surface area (Å²) in [6, 6.07) is 5.80. The Labute approximate surface area is 140 Å². The van der Waals surface area contributed by atoms with Crippen molar-refractivity contribution in [2.75, 3.05) is 5.32 Å². The number of carbonyl (C=O) groups is 2. The number of carbonyl (C=O) groups excluding carboxylic acids is 1. The van der Waals surface area contributed by atoms with Gasteiger partial charge in [0.1, 0.15) is 0 Å². The van der Waals surface area contributed by atoms with Crippen LogP contribution in [-0.2, 0) is 9.59 Å². The Hall–Kier alpha value is -2.63. The minimum absolute atomic E-state index is 0.116. The van der Waals surface area contributed by atoms with Crippen molar-refractivity contribution >= 4 is 17.6 Å². The van der Waals surface area contributed by atoms with Crippen molar-refractivity contribution in [1.82, 2.24) is 9.78 Å². The van der Waals surface area contributed by atoms with Crippen LogP contribution in [0.25, 0.3) is 5.69 Å². The van der Waals surface area contributed by atoms with Crippen LogP contribution in [0, 0.1) is 25.7 Å². The highest BCUT2D eigenvalue weighted by Gasteiger charge is 2.34. The number of hydrogen-bond acceptors (Lipinski definition) is 3. The molecule has 1 aromatic carbocycles. The van der Waals surface area contributed by atoms with Gasteiger partial charge in [-0.15, -0.1) is 0 Å². The molecule has 1 heterocycles. The van der Waals surface area contributed by atoms with Crippen molar-refractivity contribution in [2.45, 2.75) is 33.1 Å². The number of nitrogens with zero attached hydrogens (tertiary/aromatic N) is 2. The molecule has 0 radical (unpaired) electrons. The summed E-state index contributed by atoms with van der Waals surface area (Å²) in [7, 11) is 0. The normalized spacial score (nSPS) is 20.1. The number of amides is 1. The van der Waals surface area contributed by atoms with Crippen LogP contribution in [-0.4, -0.2) is 26.8 Å². The molecule has 1 aliphatic carbocycles. The zero-order valence-corrected chi connectivity index (χ0v) is 13.8.